The van der Waals surface area contributed by atoms with E-state index in [2.05, 4.69) is 5.32 Å². The van der Waals surface area contributed by atoms with Gasteiger partial charge in [0.2, 0.25) is 5.91 Å². The van der Waals surface area contributed by atoms with Gasteiger partial charge in [0, 0.05) is 12.1 Å². The Balaban J connectivity index is 1.55. The number of amides is 4. The third kappa shape index (κ3) is 3.49. The van der Waals surface area contributed by atoms with Gasteiger partial charge in [-0.3, -0.25) is 14.5 Å². The number of benzene rings is 1. The predicted molar refractivity (Wildman–Crippen MR) is 110 cm³/mol. The number of furan rings is 1. The summed E-state index contributed by atoms with van der Waals surface area (Å²) in [6.45, 7) is 1.75. The first-order valence-electron chi connectivity index (χ1n) is 10.1. The van der Waals surface area contributed by atoms with E-state index < -0.39 is 17.5 Å². The topological polar surface area (TPSA) is 101 Å². The van der Waals surface area contributed by atoms with Crippen LogP contribution >= 0.6 is 0 Å². The van der Waals surface area contributed by atoms with Crippen molar-refractivity contribution >= 4 is 17.8 Å². The summed E-state index contributed by atoms with van der Waals surface area (Å²) in [5.74, 6) is 0.820. The number of nitrogens with zero attached hydrogens (tertiary/aromatic N) is 2. The predicted octanol–water partition coefficient (Wildman–Crippen LogP) is 2.43. The van der Waals surface area contributed by atoms with Crippen LogP contribution in [-0.2, 0) is 15.1 Å². The van der Waals surface area contributed by atoms with Gasteiger partial charge in [-0.15, -0.1) is 0 Å². The number of methoxy groups -OCH3 is 2. The van der Waals surface area contributed by atoms with Gasteiger partial charge in [-0.25, -0.2) is 4.79 Å². The Bertz CT molecular complexity index is 1000. The largest absolute Gasteiger partial charge is 0.497 e. The molecule has 3 heterocycles. The Morgan fingerprint density at radius 1 is 1.26 bits per heavy atom. The number of ether oxygens (including phenoxy) is 2. The van der Waals surface area contributed by atoms with Crippen LogP contribution in [-0.4, -0.2) is 55.0 Å². The van der Waals surface area contributed by atoms with Crippen molar-refractivity contribution in [2.75, 3.05) is 27.3 Å². The van der Waals surface area contributed by atoms with Crippen molar-refractivity contribution in [3.8, 4) is 11.5 Å². The Labute approximate surface area is 179 Å². The van der Waals surface area contributed by atoms with E-state index >= 15 is 0 Å². The smallest absolute Gasteiger partial charge is 0.325 e. The minimum atomic E-state index is -1.33. The highest BCUT2D eigenvalue weighted by Crippen LogP contribution is 2.39. The molecule has 0 spiro atoms. The Kier molecular flexibility index (Phi) is 5.34. The second-order valence-electron chi connectivity index (χ2n) is 7.78. The number of likely N-dealkylation sites (tertiary alicyclic amines) is 1. The maximum atomic E-state index is 13.2. The molecule has 1 aromatic heterocycles. The van der Waals surface area contributed by atoms with Gasteiger partial charge < -0.3 is 24.1 Å². The minimum Gasteiger partial charge on any atom is -0.497 e. The van der Waals surface area contributed by atoms with E-state index in [-0.39, 0.29) is 18.5 Å². The normalized spacial score (nSPS) is 23.3. The van der Waals surface area contributed by atoms with Crippen molar-refractivity contribution in [1.82, 2.24) is 15.1 Å². The molecule has 0 saturated carbocycles. The summed E-state index contributed by atoms with van der Waals surface area (Å²) in [4.78, 5) is 41.4. The van der Waals surface area contributed by atoms with Gasteiger partial charge >= 0.3 is 6.03 Å². The molecule has 2 atom stereocenters. The molecule has 9 nitrogen and oxygen atoms in total. The molecule has 31 heavy (non-hydrogen) atoms. The molecule has 0 bridgehead atoms. The number of nitrogens with one attached hydrogen (secondary N) is 1. The van der Waals surface area contributed by atoms with Crippen LogP contribution in [0.5, 0.6) is 11.5 Å². The molecule has 0 aliphatic carbocycles. The SMILES string of the molecule is COc1ccc(OC)c([C@H]2CCCN2C(=O)CN2C(=O)N[C@@](C)(c3ccco3)C2=O)c1. The van der Waals surface area contributed by atoms with Gasteiger partial charge in [0.15, 0.2) is 5.54 Å². The lowest BCUT2D eigenvalue weighted by molar-refractivity contribution is -0.139. The fourth-order valence-electron chi connectivity index (χ4n) is 4.29. The number of rotatable bonds is 6. The maximum absolute atomic E-state index is 13.2. The standard InChI is InChI=1S/C22H25N3O6/c1-22(18-7-5-11-31-18)20(27)25(21(28)23-22)13-19(26)24-10-4-6-16(24)15-12-14(29-2)8-9-17(15)30-3/h5,7-9,11-12,16H,4,6,10,13H2,1-3H3,(H,23,28)/t16-,22+/m1/s1. The Morgan fingerprint density at radius 2 is 2.06 bits per heavy atom. The summed E-state index contributed by atoms with van der Waals surface area (Å²) in [7, 11) is 3.16. The number of hydrogen-bond donors (Lipinski definition) is 1. The summed E-state index contributed by atoms with van der Waals surface area (Å²) in [6, 6.07) is 7.88. The number of imide groups is 1. The van der Waals surface area contributed by atoms with Crippen molar-refractivity contribution in [3.63, 3.8) is 0 Å². The lowest BCUT2D eigenvalue weighted by Crippen LogP contribution is -2.44. The number of hydrogen-bond acceptors (Lipinski definition) is 6. The molecule has 1 aromatic carbocycles. The van der Waals surface area contributed by atoms with E-state index in [1.165, 1.54) is 6.26 Å². The number of carbonyl (C=O) groups is 3. The summed E-state index contributed by atoms with van der Waals surface area (Å²) >= 11 is 0. The molecule has 164 valence electrons. The highest BCUT2D eigenvalue weighted by Gasteiger charge is 2.52. The highest BCUT2D eigenvalue weighted by atomic mass is 16.5. The van der Waals surface area contributed by atoms with Crippen LogP contribution in [0.4, 0.5) is 4.79 Å². The van der Waals surface area contributed by atoms with E-state index in [0.29, 0.717) is 23.8 Å². The van der Waals surface area contributed by atoms with Crippen LogP contribution in [0.15, 0.2) is 41.0 Å². The van der Waals surface area contributed by atoms with E-state index in [0.717, 1.165) is 23.3 Å². The molecule has 1 N–H and O–H groups in total. The minimum absolute atomic E-state index is 0.227. The van der Waals surface area contributed by atoms with Crippen LogP contribution in [0.1, 0.15) is 37.1 Å². The van der Waals surface area contributed by atoms with Crippen LogP contribution < -0.4 is 14.8 Å². The lowest BCUT2D eigenvalue weighted by atomic mass is 9.99. The van der Waals surface area contributed by atoms with Crippen LogP contribution in [0.3, 0.4) is 0 Å². The van der Waals surface area contributed by atoms with Crippen molar-refractivity contribution in [1.29, 1.82) is 0 Å². The molecule has 4 amide bonds. The first-order chi connectivity index (χ1) is 14.9. The van der Waals surface area contributed by atoms with E-state index in [1.54, 1.807) is 50.3 Å². The molecule has 4 rings (SSSR count). The van der Waals surface area contributed by atoms with Crippen LogP contribution in [0.25, 0.3) is 0 Å². The summed E-state index contributed by atoms with van der Waals surface area (Å²) < 4.78 is 16.2. The van der Waals surface area contributed by atoms with Crippen molar-refractivity contribution in [2.45, 2.75) is 31.3 Å². The summed E-state index contributed by atoms with van der Waals surface area (Å²) in [6.07, 6.45) is 2.99. The zero-order valence-electron chi connectivity index (χ0n) is 17.7. The zero-order chi connectivity index (χ0) is 22.2. The average molecular weight is 427 g/mol. The van der Waals surface area contributed by atoms with Crippen molar-refractivity contribution < 1.29 is 28.3 Å². The van der Waals surface area contributed by atoms with Crippen LogP contribution in [0, 0.1) is 0 Å². The third-order valence-corrected chi connectivity index (χ3v) is 5.95. The number of carbonyl (C=O) groups excluding carboxylic acids is 3. The van der Waals surface area contributed by atoms with E-state index in [1.807, 2.05) is 6.07 Å². The fraction of sp³-hybridized carbons (Fsp3) is 0.409. The van der Waals surface area contributed by atoms with Crippen molar-refractivity contribution in [2.24, 2.45) is 0 Å². The number of urea groups is 1. The van der Waals surface area contributed by atoms with Gasteiger partial charge in [-0.1, -0.05) is 0 Å². The second kappa shape index (κ2) is 7.98. The molecule has 2 fully saturated rings. The first kappa shape index (κ1) is 20.8. The molecule has 9 heteroatoms. The second-order valence-corrected chi connectivity index (χ2v) is 7.78. The molecule has 2 aromatic rings. The summed E-state index contributed by atoms with van der Waals surface area (Å²) in [5, 5.41) is 2.64. The molecule has 0 unspecified atom stereocenters. The fourth-order valence-corrected chi connectivity index (χ4v) is 4.29. The van der Waals surface area contributed by atoms with E-state index in [4.69, 9.17) is 13.9 Å². The molecular formula is C22H25N3O6. The third-order valence-electron chi connectivity index (χ3n) is 5.95. The highest BCUT2D eigenvalue weighted by molar-refractivity contribution is 6.08. The van der Waals surface area contributed by atoms with Gasteiger partial charge in [-0.05, 0) is 50.1 Å². The van der Waals surface area contributed by atoms with Gasteiger partial charge in [0.05, 0.1) is 26.5 Å². The van der Waals surface area contributed by atoms with Crippen LogP contribution in [0.2, 0.25) is 0 Å². The van der Waals surface area contributed by atoms with Gasteiger partial charge in [0.1, 0.15) is 23.8 Å². The van der Waals surface area contributed by atoms with Crippen molar-refractivity contribution in [3.05, 3.63) is 47.9 Å². The molecule has 2 aliphatic heterocycles. The Morgan fingerprint density at radius 3 is 2.74 bits per heavy atom. The lowest BCUT2D eigenvalue weighted by Gasteiger charge is -2.28. The maximum Gasteiger partial charge on any atom is 0.325 e. The molecule has 2 aliphatic rings. The average Bonchev–Trinajstić information content (AvgIpc) is 3.51. The first-order valence-corrected chi connectivity index (χ1v) is 10.1. The molecule has 0 radical (unpaired) electrons. The van der Waals surface area contributed by atoms with E-state index in [9.17, 15) is 14.4 Å². The Hall–Kier alpha value is -3.49. The van der Waals surface area contributed by atoms with Gasteiger partial charge in [0.25, 0.3) is 5.91 Å². The zero-order valence-corrected chi connectivity index (χ0v) is 17.7. The molecular weight excluding hydrogens is 402 g/mol. The summed E-state index contributed by atoms with van der Waals surface area (Å²) in [5.41, 5.74) is -0.494. The molecule has 2 saturated heterocycles. The monoisotopic (exact) mass is 427 g/mol. The quantitative estimate of drug-likeness (QED) is 0.711. The van der Waals surface area contributed by atoms with Gasteiger partial charge in [-0.2, -0.15) is 0 Å².